The second kappa shape index (κ2) is 5.87. The molecule has 1 aromatic heterocycles. The van der Waals surface area contributed by atoms with Gasteiger partial charge in [-0.1, -0.05) is 6.92 Å². The normalized spacial score (nSPS) is 22.1. The zero-order valence-electron chi connectivity index (χ0n) is 12.7. The van der Waals surface area contributed by atoms with E-state index < -0.39 is 0 Å². The van der Waals surface area contributed by atoms with Gasteiger partial charge in [-0.15, -0.1) is 0 Å². The second-order valence-corrected chi connectivity index (χ2v) is 5.83. The molecule has 6 heteroatoms. The molecule has 1 aliphatic carbocycles. The first-order valence-corrected chi connectivity index (χ1v) is 7.86. The van der Waals surface area contributed by atoms with E-state index in [0.29, 0.717) is 12.5 Å². The van der Waals surface area contributed by atoms with Gasteiger partial charge in [0.05, 0.1) is 0 Å². The number of nitrogens with one attached hydrogen (secondary N) is 2. The molecular weight excluding hydrogens is 266 g/mol. The van der Waals surface area contributed by atoms with E-state index in [1.807, 2.05) is 13.0 Å². The molecule has 0 aromatic carbocycles. The zero-order valence-corrected chi connectivity index (χ0v) is 12.7. The third kappa shape index (κ3) is 3.09. The van der Waals surface area contributed by atoms with Crippen LogP contribution in [0.5, 0.6) is 0 Å². The molecule has 6 nitrogen and oxygen atoms in total. The van der Waals surface area contributed by atoms with Crippen molar-refractivity contribution in [3.05, 3.63) is 11.9 Å². The second-order valence-electron chi connectivity index (χ2n) is 5.83. The summed E-state index contributed by atoms with van der Waals surface area (Å²) in [5.74, 6) is 3.23. The summed E-state index contributed by atoms with van der Waals surface area (Å²) in [5, 5.41) is 6.24. The number of hydrogen-bond acceptors (Lipinski definition) is 5. The number of carbonyl (C=O) groups is 1. The summed E-state index contributed by atoms with van der Waals surface area (Å²) in [6.07, 6.45) is 3.40. The number of hydrogen-bond donors (Lipinski definition) is 2. The minimum atomic E-state index is -0.181. The van der Waals surface area contributed by atoms with Crippen molar-refractivity contribution in [1.29, 1.82) is 0 Å². The molecule has 2 heterocycles. The average Bonchev–Trinajstić information content (AvgIpc) is 3.32. The van der Waals surface area contributed by atoms with E-state index in [1.165, 1.54) is 12.8 Å². The molecule has 2 aliphatic rings. The van der Waals surface area contributed by atoms with Crippen molar-refractivity contribution >= 4 is 17.5 Å². The van der Waals surface area contributed by atoms with Gasteiger partial charge in [0.25, 0.3) is 0 Å². The van der Waals surface area contributed by atoms with Gasteiger partial charge in [-0.05, 0) is 26.2 Å². The molecule has 1 saturated heterocycles. The number of aromatic nitrogens is 2. The Labute approximate surface area is 125 Å². The lowest BCUT2D eigenvalue weighted by atomic mass is 10.2. The van der Waals surface area contributed by atoms with Crippen molar-refractivity contribution in [2.75, 3.05) is 29.9 Å². The maximum absolute atomic E-state index is 11.9. The molecule has 21 heavy (non-hydrogen) atoms. The molecule has 3 rings (SSSR count). The van der Waals surface area contributed by atoms with Crippen molar-refractivity contribution in [3.63, 3.8) is 0 Å². The van der Waals surface area contributed by atoms with Gasteiger partial charge in [0.15, 0.2) is 0 Å². The average molecular weight is 289 g/mol. The Kier molecular flexibility index (Phi) is 3.94. The first kappa shape index (κ1) is 14.1. The highest BCUT2D eigenvalue weighted by Crippen LogP contribution is 2.39. The van der Waals surface area contributed by atoms with Crippen molar-refractivity contribution in [2.45, 2.75) is 45.1 Å². The third-order valence-electron chi connectivity index (χ3n) is 4.02. The van der Waals surface area contributed by atoms with Crippen LogP contribution >= 0.6 is 0 Å². The molecule has 2 N–H and O–H groups in total. The molecule has 1 saturated carbocycles. The van der Waals surface area contributed by atoms with Gasteiger partial charge in [-0.2, -0.15) is 0 Å². The summed E-state index contributed by atoms with van der Waals surface area (Å²) < 4.78 is 0. The van der Waals surface area contributed by atoms with Crippen LogP contribution in [-0.4, -0.2) is 41.6 Å². The molecule has 1 aliphatic heterocycles. The van der Waals surface area contributed by atoms with Gasteiger partial charge < -0.3 is 15.5 Å². The molecule has 0 radical (unpaired) electrons. The number of piperazine rings is 1. The molecule has 1 amide bonds. The number of nitrogens with zero attached hydrogens (tertiary/aromatic N) is 3. The minimum absolute atomic E-state index is 0.0656. The van der Waals surface area contributed by atoms with Crippen LogP contribution in [0, 0.1) is 0 Å². The third-order valence-corrected chi connectivity index (χ3v) is 4.02. The Morgan fingerprint density at radius 1 is 1.43 bits per heavy atom. The quantitative estimate of drug-likeness (QED) is 0.859. The Bertz CT molecular complexity index is 529. The van der Waals surface area contributed by atoms with Crippen molar-refractivity contribution in [1.82, 2.24) is 15.3 Å². The van der Waals surface area contributed by atoms with Gasteiger partial charge >= 0.3 is 0 Å². The van der Waals surface area contributed by atoms with E-state index in [1.54, 1.807) is 0 Å². The molecular formula is C15H23N5O. The first-order valence-electron chi connectivity index (χ1n) is 7.86. The minimum Gasteiger partial charge on any atom is -0.370 e. The number of rotatable bonds is 5. The summed E-state index contributed by atoms with van der Waals surface area (Å²) >= 11 is 0. The molecule has 1 aromatic rings. The van der Waals surface area contributed by atoms with Gasteiger partial charge in [0, 0.05) is 31.6 Å². The van der Waals surface area contributed by atoms with Crippen LogP contribution in [0.2, 0.25) is 0 Å². The van der Waals surface area contributed by atoms with Gasteiger partial charge in [-0.3, -0.25) is 4.79 Å². The van der Waals surface area contributed by atoms with Crippen LogP contribution in [-0.2, 0) is 4.79 Å². The molecule has 0 bridgehead atoms. The molecule has 0 spiro atoms. The number of anilines is 2. The van der Waals surface area contributed by atoms with Gasteiger partial charge in [0.2, 0.25) is 5.91 Å². The standard InChI is InChI=1S/C15H23N5O/c1-3-6-16-12-9-13(19-14(18-12)11-4-5-11)20-8-7-17-15(21)10(20)2/h9-11H,3-8H2,1-2H3,(H,17,21)(H,16,18,19). The SMILES string of the molecule is CCCNc1cc(N2CCNC(=O)C2C)nc(C2CC2)n1. The van der Waals surface area contributed by atoms with Crippen LogP contribution in [0.1, 0.15) is 44.9 Å². The predicted molar refractivity (Wildman–Crippen MR) is 82.6 cm³/mol. The molecule has 1 unspecified atom stereocenters. The monoisotopic (exact) mass is 289 g/mol. The lowest BCUT2D eigenvalue weighted by Crippen LogP contribution is -2.54. The maximum Gasteiger partial charge on any atom is 0.242 e. The van der Waals surface area contributed by atoms with E-state index in [2.05, 4.69) is 27.4 Å². The lowest BCUT2D eigenvalue weighted by molar-refractivity contribution is -0.122. The van der Waals surface area contributed by atoms with E-state index in [0.717, 1.165) is 37.0 Å². The van der Waals surface area contributed by atoms with Crippen LogP contribution < -0.4 is 15.5 Å². The summed E-state index contributed by atoms with van der Waals surface area (Å²) in [5.41, 5.74) is 0. The molecule has 2 fully saturated rings. The summed E-state index contributed by atoms with van der Waals surface area (Å²) in [6, 6.07) is 1.79. The fourth-order valence-corrected chi connectivity index (χ4v) is 2.56. The van der Waals surface area contributed by atoms with Gasteiger partial charge in [-0.25, -0.2) is 9.97 Å². The van der Waals surface area contributed by atoms with Crippen LogP contribution in [0.15, 0.2) is 6.07 Å². The maximum atomic E-state index is 11.9. The zero-order chi connectivity index (χ0) is 14.8. The van der Waals surface area contributed by atoms with E-state index >= 15 is 0 Å². The van der Waals surface area contributed by atoms with Crippen molar-refractivity contribution in [3.8, 4) is 0 Å². The lowest BCUT2D eigenvalue weighted by Gasteiger charge is -2.34. The fraction of sp³-hybridized carbons (Fsp3) is 0.667. The van der Waals surface area contributed by atoms with Crippen molar-refractivity contribution in [2.24, 2.45) is 0 Å². The van der Waals surface area contributed by atoms with E-state index in [9.17, 15) is 4.79 Å². The topological polar surface area (TPSA) is 70.2 Å². The van der Waals surface area contributed by atoms with Crippen molar-refractivity contribution < 1.29 is 4.79 Å². The highest BCUT2D eigenvalue weighted by molar-refractivity contribution is 5.85. The van der Waals surface area contributed by atoms with Crippen LogP contribution in [0.25, 0.3) is 0 Å². The smallest absolute Gasteiger partial charge is 0.242 e. The van der Waals surface area contributed by atoms with Crippen LogP contribution in [0.3, 0.4) is 0 Å². The highest BCUT2D eigenvalue weighted by Gasteiger charge is 2.30. The molecule has 1 atom stereocenters. The summed E-state index contributed by atoms with van der Waals surface area (Å²) in [7, 11) is 0. The van der Waals surface area contributed by atoms with Gasteiger partial charge in [0.1, 0.15) is 23.5 Å². The highest BCUT2D eigenvalue weighted by atomic mass is 16.2. The van der Waals surface area contributed by atoms with E-state index in [-0.39, 0.29) is 11.9 Å². The Hall–Kier alpha value is -1.85. The van der Waals surface area contributed by atoms with Crippen LogP contribution in [0.4, 0.5) is 11.6 Å². The first-order chi connectivity index (χ1) is 10.2. The summed E-state index contributed by atoms with van der Waals surface area (Å²) in [6.45, 7) is 6.42. The Morgan fingerprint density at radius 3 is 2.95 bits per heavy atom. The summed E-state index contributed by atoms with van der Waals surface area (Å²) in [4.78, 5) is 23.3. The van der Waals surface area contributed by atoms with E-state index in [4.69, 9.17) is 4.98 Å². The Morgan fingerprint density at radius 2 is 2.24 bits per heavy atom. The molecule has 114 valence electrons. The number of carbonyl (C=O) groups excluding carboxylic acids is 1. The fourth-order valence-electron chi connectivity index (χ4n) is 2.56. The Balaban J connectivity index is 1.88. The predicted octanol–water partition coefficient (Wildman–Crippen LogP) is 1.50. The largest absolute Gasteiger partial charge is 0.370 e. The number of amides is 1.